The van der Waals surface area contributed by atoms with Crippen molar-refractivity contribution in [1.29, 1.82) is 0 Å². The van der Waals surface area contributed by atoms with Crippen molar-refractivity contribution < 1.29 is 18.1 Å². The van der Waals surface area contributed by atoms with E-state index in [4.69, 9.17) is 8.94 Å². The summed E-state index contributed by atoms with van der Waals surface area (Å²) >= 11 is 0. The van der Waals surface area contributed by atoms with Crippen molar-refractivity contribution in [3.05, 3.63) is 71.4 Å². The highest BCUT2D eigenvalue weighted by atomic mass is 19.1. The average Bonchev–Trinajstić information content (AvgIpc) is 3.45. The molecule has 0 aliphatic carbocycles. The number of hydrogen-bond donors (Lipinski definition) is 1. The molecular formula is C23H19FN6O3. The molecule has 1 aromatic carbocycles. The highest BCUT2D eigenvalue weighted by Gasteiger charge is 2.18. The second kappa shape index (κ2) is 7.66. The second-order valence-corrected chi connectivity index (χ2v) is 7.67. The predicted molar refractivity (Wildman–Crippen MR) is 117 cm³/mol. The SMILES string of the molecule is Cc1nc(C)c(C(=O)Nc2ccc(F)c(-c3cn4cc(-c5c(C)noc5C)cnc4n3)c2)o1. The number of aryl methyl sites for hydroxylation is 4. The number of oxazole rings is 1. The normalized spacial score (nSPS) is 11.3. The molecule has 0 fully saturated rings. The minimum atomic E-state index is -0.478. The van der Waals surface area contributed by atoms with Crippen LogP contribution in [-0.2, 0) is 0 Å². The van der Waals surface area contributed by atoms with Crippen molar-refractivity contribution in [1.82, 2.24) is 24.5 Å². The fourth-order valence-electron chi connectivity index (χ4n) is 3.77. The van der Waals surface area contributed by atoms with Crippen molar-refractivity contribution in [2.45, 2.75) is 27.7 Å². The van der Waals surface area contributed by atoms with E-state index in [1.165, 1.54) is 18.2 Å². The molecule has 0 unspecified atom stereocenters. The summed E-state index contributed by atoms with van der Waals surface area (Å²) in [7, 11) is 0. The lowest BCUT2D eigenvalue weighted by Gasteiger charge is -2.06. The summed E-state index contributed by atoms with van der Waals surface area (Å²) in [4.78, 5) is 25.5. The molecule has 0 spiro atoms. The number of carbonyl (C=O) groups excluding carboxylic acids is 1. The number of rotatable bonds is 4. The van der Waals surface area contributed by atoms with E-state index in [1.807, 2.05) is 20.0 Å². The zero-order chi connectivity index (χ0) is 23.3. The third kappa shape index (κ3) is 3.65. The van der Waals surface area contributed by atoms with Gasteiger partial charge in [-0.2, -0.15) is 0 Å². The number of anilines is 1. The van der Waals surface area contributed by atoms with Gasteiger partial charge in [0.2, 0.25) is 11.5 Å². The summed E-state index contributed by atoms with van der Waals surface area (Å²) in [6.07, 6.45) is 5.19. The molecule has 10 heteroatoms. The van der Waals surface area contributed by atoms with Crippen molar-refractivity contribution >= 4 is 17.4 Å². The summed E-state index contributed by atoms with van der Waals surface area (Å²) in [5, 5.41) is 6.69. The molecule has 4 heterocycles. The number of amides is 1. The summed E-state index contributed by atoms with van der Waals surface area (Å²) in [5.74, 6) is 0.649. The van der Waals surface area contributed by atoms with E-state index >= 15 is 0 Å². The van der Waals surface area contributed by atoms with Gasteiger partial charge in [-0.15, -0.1) is 0 Å². The third-order valence-corrected chi connectivity index (χ3v) is 5.24. The van der Waals surface area contributed by atoms with Gasteiger partial charge in [0.05, 0.1) is 22.6 Å². The number of halogens is 1. The van der Waals surface area contributed by atoms with Crippen LogP contribution >= 0.6 is 0 Å². The highest BCUT2D eigenvalue weighted by Crippen LogP contribution is 2.29. The molecule has 4 aromatic heterocycles. The summed E-state index contributed by atoms with van der Waals surface area (Å²) in [6.45, 7) is 7.03. The van der Waals surface area contributed by atoms with Crippen LogP contribution in [0.4, 0.5) is 10.1 Å². The molecule has 5 rings (SSSR count). The van der Waals surface area contributed by atoms with Crippen molar-refractivity contribution in [3.8, 4) is 22.4 Å². The molecule has 0 aliphatic heterocycles. The topological polar surface area (TPSA) is 111 Å². The fourth-order valence-corrected chi connectivity index (χ4v) is 3.77. The van der Waals surface area contributed by atoms with Crippen LogP contribution in [0, 0.1) is 33.5 Å². The van der Waals surface area contributed by atoms with E-state index < -0.39 is 11.7 Å². The predicted octanol–water partition coefficient (Wildman–Crippen LogP) is 4.66. The first-order valence-electron chi connectivity index (χ1n) is 10.1. The van der Waals surface area contributed by atoms with Gasteiger partial charge in [0.25, 0.3) is 5.91 Å². The molecular weight excluding hydrogens is 427 g/mol. The Bertz CT molecular complexity index is 1510. The molecule has 5 aromatic rings. The Labute approximate surface area is 187 Å². The zero-order valence-corrected chi connectivity index (χ0v) is 18.3. The Hall–Kier alpha value is -4.34. The van der Waals surface area contributed by atoms with Gasteiger partial charge in [-0.25, -0.2) is 19.3 Å². The molecule has 9 nitrogen and oxygen atoms in total. The number of nitrogens with one attached hydrogen (secondary N) is 1. The van der Waals surface area contributed by atoms with Gasteiger partial charge in [0, 0.05) is 42.3 Å². The molecule has 0 atom stereocenters. The smallest absolute Gasteiger partial charge is 0.293 e. The van der Waals surface area contributed by atoms with E-state index in [9.17, 15) is 9.18 Å². The second-order valence-electron chi connectivity index (χ2n) is 7.67. The number of nitrogens with zero attached hydrogens (tertiary/aromatic N) is 5. The Kier molecular flexibility index (Phi) is 4.77. The van der Waals surface area contributed by atoms with E-state index in [2.05, 4.69) is 25.4 Å². The lowest BCUT2D eigenvalue weighted by Crippen LogP contribution is -2.12. The van der Waals surface area contributed by atoms with Crippen LogP contribution < -0.4 is 5.32 Å². The summed E-state index contributed by atoms with van der Waals surface area (Å²) in [5.41, 5.74) is 3.89. The first kappa shape index (κ1) is 20.6. The Balaban J connectivity index is 1.49. The van der Waals surface area contributed by atoms with Gasteiger partial charge in [-0.1, -0.05) is 5.16 Å². The maximum Gasteiger partial charge on any atom is 0.293 e. The molecule has 166 valence electrons. The number of carbonyl (C=O) groups is 1. The van der Waals surface area contributed by atoms with Crippen molar-refractivity contribution in [3.63, 3.8) is 0 Å². The zero-order valence-electron chi connectivity index (χ0n) is 18.3. The van der Waals surface area contributed by atoms with Gasteiger partial charge >= 0.3 is 0 Å². The van der Waals surface area contributed by atoms with Crippen molar-refractivity contribution in [2.75, 3.05) is 5.32 Å². The molecule has 33 heavy (non-hydrogen) atoms. The molecule has 1 N–H and O–H groups in total. The van der Waals surface area contributed by atoms with Gasteiger partial charge in [-0.3, -0.25) is 9.20 Å². The van der Waals surface area contributed by atoms with Crippen LogP contribution in [0.1, 0.15) is 33.6 Å². The monoisotopic (exact) mass is 446 g/mol. The number of benzene rings is 1. The standard InChI is InChI=1S/C23H19FN6O3/c1-11-20(13(3)33-29-11)15-8-25-23-28-19(10-30(23)9-15)17-7-16(5-6-18(17)24)27-22(31)21-12(2)26-14(4)32-21/h5-10H,1-4H3,(H,27,31). The van der Waals surface area contributed by atoms with Gasteiger partial charge in [-0.05, 0) is 39.0 Å². The van der Waals surface area contributed by atoms with Gasteiger partial charge in [0.1, 0.15) is 11.6 Å². The lowest BCUT2D eigenvalue weighted by molar-refractivity contribution is 0.0994. The Morgan fingerprint density at radius 1 is 1.09 bits per heavy atom. The minimum absolute atomic E-state index is 0.113. The molecule has 0 aliphatic rings. The highest BCUT2D eigenvalue weighted by molar-refractivity contribution is 6.03. The molecule has 0 radical (unpaired) electrons. The summed E-state index contributed by atoms with van der Waals surface area (Å²) < 4.78 is 27.0. The lowest BCUT2D eigenvalue weighted by atomic mass is 10.1. The first-order valence-corrected chi connectivity index (χ1v) is 10.1. The van der Waals surface area contributed by atoms with E-state index in [0.717, 1.165) is 16.8 Å². The number of fused-ring (bicyclic) bond motifs is 1. The van der Waals surface area contributed by atoms with Crippen LogP contribution in [-0.4, -0.2) is 30.4 Å². The van der Waals surface area contributed by atoms with Crippen LogP contribution in [0.3, 0.4) is 0 Å². The van der Waals surface area contributed by atoms with Crippen molar-refractivity contribution in [2.24, 2.45) is 0 Å². The van der Waals surface area contributed by atoms with Gasteiger partial charge in [0.15, 0.2) is 5.89 Å². The van der Waals surface area contributed by atoms with E-state index in [0.29, 0.717) is 34.5 Å². The quantitative estimate of drug-likeness (QED) is 0.427. The average molecular weight is 446 g/mol. The number of aromatic nitrogens is 5. The Morgan fingerprint density at radius 2 is 1.91 bits per heavy atom. The van der Waals surface area contributed by atoms with Crippen LogP contribution in [0.15, 0.2) is 45.7 Å². The van der Waals surface area contributed by atoms with E-state index in [-0.39, 0.29) is 11.3 Å². The maximum atomic E-state index is 14.7. The number of hydrogen-bond acceptors (Lipinski definition) is 7. The van der Waals surface area contributed by atoms with Crippen LogP contribution in [0.25, 0.3) is 28.2 Å². The van der Waals surface area contributed by atoms with E-state index in [1.54, 1.807) is 30.6 Å². The fraction of sp³-hybridized carbons (Fsp3) is 0.174. The first-order chi connectivity index (χ1) is 15.8. The third-order valence-electron chi connectivity index (χ3n) is 5.24. The molecule has 0 saturated heterocycles. The molecule has 0 bridgehead atoms. The molecule has 1 amide bonds. The van der Waals surface area contributed by atoms with Gasteiger partial charge < -0.3 is 14.3 Å². The summed E-state index contributed by atoms with van der Waals surface area (Å²) in [6, 6.07) is 4.26. The minimum Gasteiger partial charge on any atom is -0.436 e. The maximum absolute atomic E-state index is 14.7. The molecule has 0 saturated carbocycles. The Morgan fingerprint density at radius 3 is 2.61 bits per heavy atom. The van der Waals surface area contributed by atoms with Crippen LogP contribution in [0.5, 0.6) is 0 Å². The largest absolute Gasteiger partial charge is 0.436 e. The number of imidazole rings is 1. The van der Waals surface area contributed by atoms with Crippen LogP contribution in [0.2, 0.25) is 0 Å².